The Kier molecular flexibility index (Phi) is 19.6. The number of carbonyl (C=O) groups excluding carboxylic acids is 2. The second kappa shape index (κ2) is 23.3. The number of benzene rings is 2. The molecule has 1 saturated heterocycles. The van der Waals surface area contributed by atoms with Crippen LogP contribution in [0.2, 0.25) is 0 Å². The number of carbonyl (C=O) groups is 6. The molecule has 1 fully saturated rings. The van der Waals surface area contributed by atoms with Gasteiger partial charge in [0.1, 0.15) is 6.29 Å². The number of nitrogens with one attached hydrogen (secondary N) is 1. The molecule has 0 spiro atoms. The molecule has 0 atom stereocenters. The number of anilines is 1. The summed E-state index contributed by atoms with van der Waals surface area (Å²) in [5, 5.41) is 40.1. The molecule has 16 heteroatoms. The Balaban J connectivity index is 0.000000541. The van der Waals surface area contributed by atoms with Crippen molar-refractivity contribution < 1.29 is 58.7 Å². The third-order valence-corrected chi connectivity index (χ3v) is 6.56. The van der Waals surface area contributed by atoms with Gasteiger partial charge in [0.25, 0.3) is 0 Å². The number of aldehydes is 1. The summed E-state index contributed by atoms with van der Waals surface area (Å²) in [6.45, 7) is 8.76. The number of rotatable bonds is 13. The summed E-state index contributed by atoms with van der Waals surface area (Å²) in [5.41, 5.74) is 1.72. The highest BCUT2D eigenvalue weighted by molar-refractivity contribution is 5.94. The van der Waals surface area contributed by atoms with E-state index in [-0.39, 0.29) is 5.78 Å². The van der Waals surface area contributed by atoms with Crippen molar-refractivity contribution in [2.24, 2.45) is 0 Å². The number of Topliss-reactive ketones (excluding diaryl/α,β-unsaturated/α-hetero) is 1. The van der Waals surface area contributed by atoms with E-state index in [4.69, 9.17) is 34.7 Å². The number of H-pyrrole nitrogens is 1. The van der Waals surface area contributed by atoms with Crippen molar-refractivity contribution in [1.82, 2.24) is 15.1 Å². The molecule has 1 aliphatic rings. The summed E-state index contributed by atoms with van der Waals surface area (Å²) < 4.78 is 11.2. The fourth-order valence-electron chi connectivity index (χ4n) is 4.28. The summed E-state index contributed by atoms with van der Waals surface area (Å²) in [7, 11) is 1.59. The van der Waals surface area contributed by atoms with Crippen LogP contribution in [0.25, 0.3) is 10.9 Å². The monoisotopic (exact) mass is 698 g/mol. The predicted molar refractivity (Wildman–Crippen MR) is 183 cm³/mol. The molecule has 0 unspecified atom stereocenters. The van der Waals surface area contributed by atoms with E-state index in [1.165, 1.54) is 12.3 Å². The number of carboxylic acid groups (broad SMARTS) is 4. The summed E-state index contributed by atoms with van der Waals surface area (Å²) in [4.78, 5) is 63.4. The number of hydrogen-bond donors (Lipinski definition) is 5. The van der Waals surface area contributed by atoms with E-state index >= 15 is 0 Å². The van der Waals surface area contributed by atoms with Crippen molar-refractivity contribution in [3.05, 3.63) is 72.3 Å². The van der Waals surface area contributed by atoms with Crippen LogP contribution in [0.1, 0.15) is 37.0 Å². The van der Waals surface area contributed by atoms with Crippen LogP contribution in [-0.4, -0.2) is 118 Å². The number of fused-ring (bicyclic) bond motifs is 1. The van der Waals surface area contributed by atoms with Crippen molar-refractivity contribution in [1.29, 1.82) is 0 Å². The number of aliphatic carboxylic acids is 4. The van der Waals surface area contributed by atoms with Gasteiger partial charge in [-0.15, -0.1) is 0 Å². The second-order valence-corrected chi connectivity index (χ2v) is 10.2. The van der Waals surface area contributed by atoms with Gasteiger partial charge in [0, 0.05) is 61.4 Å². The van der Waals surface area contributed by atoms with Gasteiger partial charge in [-0.3, -0.25) is 14.8 Å². The summed E-state index contributed by atoms with van der Waals surface area (Å²) in [5.74, 6) is -2.65. The van der Waals surface area contributed by atoms with Gasteiger partial charge in [-0.25, -0.2) is 19.2 Å². The van der Waals surface area contributed by atoms with Crippen LogP contribution in [0.15, 0.2) is 66.8 Å². The van der Waals surface area contributed by atoms with Crippen molar-refractivity contribution >= 4 is 52.7 Å². The lowest BCUT2D eigenvalue weighted by atomic mass is 10.1. The lowest BCUT2D eigenvalue weighted by Gasteiger charge is -2.35. The third-order valence-electron chi connectivity index (χ3n) is 6.56. The Morgan fingerprint density at radius 1 is 0.820 bits per heavy atom. The molecule has 0 radical (unpaired) electrons. The summed E-state index contributed by atoms with van der Waals surface area (Å²) in [6, 6.07) is 13.6. The standard InChI is InChI=1S/C24H30N4O3.2C4H4O4.C2H4O/c1-18(29)19-9-10-22(23(17-19)30-2)31-16-6-5-11-27-12-14-28(15-13-27)24-20-7-3-4-8-21(20)25-26-24;2*5-3(6)1-2-4(7)8;1-2-3/h3-4,7-10,17H,5-6,11-16H2,1-2H3,(H,25,26);2*1-2H,(H,5,6)(H,7,8);2H,1H3/b;2*2-1+;. The zero-order valence-electron chi connectivity index (χ0n) is 28.0. The zero-order chi connectivity index (χ0) is 37.5. The van der Waals surface area contributed by atoms with E-state index in [1.807, 2.05) is 12.1 Å². The quantitative estimate of drug-likeness (QED) is 0.0744. The van der Waals surface area contributed by atoms with Gasteiger partial charge in [0.15, 0.2) is 23.1 Å². The summed E-state index contributed by atoms with van der Waals surface area (Å²) in [6.07, 6.45) is 5.04. The number of hydrogen-bond acceptors (Lipinski definition) is 11. The van der Waals surface area contributed by atoms with Gasteiger partial charge in [-0.1, -0.05) is 12.1 Å². The van der Waals surface area contributed by atoms with E-state index in [0.29, 0.717) is 48.0 Å². The number of carboxylic acids is 4. The minimum absolute atomic E-state index is 0.0189. The number of ether oxygens (including phenoxy) is 2. The molecule has 0 saturated carbocycles. The number of nitrogens with zero attached hydrogens (tertiary/aromatic N) is 3. The van der Waals surface area contributed by atoms with Gasteiger partial charge >= 0.3 is 23.9 Å². The fraction of sp³-hybridized carbons (Fsp3) is 0.324. The maximum atomic E-state index is 11.5. The van der Waals surface area contributed by atoms with Crippen molar-refractivity contribution in [2.75, 3.05) is 51.3 Å². The first kappa shape index (κ1) is 42.0. The fourth-order valence-corrected chi connectivity index (χ4v) is 4.28. The number of piperazine rings is 1. The number of para-hydroxylation sites is 1. The zero-order valence-corrected chi connectivity index (χ0v) is 28.0. The van der Waals surface area contributed by atoms with E-state index < -0.39 is 23.9 Å². The van der Waals surface area contributed by atoms with E-state index in [0.717, 1.165) is 63.2 Å². The molecular weight excluding hydrogens is 656 g/mol. The van der Waals surface area contributed by atoms with Gasteiger partial charge in [0.05, 0.1) is 19.2 Å². The number of ketones is 1. The molecule has 3 aromatic rings. The van der Waals surface area contributed by atoms with Crippen LogP contribution < -0.4 is 14.4 Å². The van der Waals surface area contributed by atoms with E-state index in [1.54, 1.807) is 26.2 Å². The second-order valence-electron chi connectivity index (χ2n) is 10.2. The molecule has 4 rings (SSSR count). The van der Waals surface area contributed by atoms with Gasteiger partial charge < -0.3 is 39.6 Å². The molecular formula is C34H42N4O12. The Morgan fingerprint density at radius 2 is 1.36 bits per heavy atom. The van der Waals surface area contributed by atoms with Crippen LogP contribution in [0.3, 0.4) is 0 Å². The van der Waals surface area contributed by atoms with E-state index in [9.17, 15) is 24.0 Å². The first-order valence-corrected chi connectivity index (χ1v) is 15.2. The maximum Gasteiger partial charge on any atom is 0.328 e. The number of aromatic amines is 1. The SMILES string of the molecule is CC=O.COc1cc(C(C)=O)ccc1OCCCCN1CCN(c2n[nH]c3ccccc23)CC1.O=C(O)/C=C/C(=O)O.O=C(O)/C=C/C(=O)O. The minimum Gasteiger partial charge on any atom is -0.493 e. The van der Waals surface area contributed by atoms with Gasteiger partial charge in [0.2, 0.25) is 0 Å². The highest BCUT2D eigenvalue weighted by Crippen LogP contribution is 2.28. The number of aromatic nitrogens is 2. The normalized spacial score (nSPS) is 12.4. The number of methoxy groups -OCH3 is 1. The van der Waals surface area contributed by atoms with Crippen LogP contribution in [-0.2, 0) is 24.0 Å². The van der Waals surface area contributed by atoms with Crippen LogP contribution in [0.5, 0.6) is 11.5 Å². The van der Waals surface area contributed by atoms with Gasteiger partial charge in [-0.2, -0.15) is 5.10 Å². The van der Waals surface area contributed by atoms with Crippen molar-refractivity contribution in [2.45, 2.75) is 26.7 Å². The molecule has 0 amide bonds. The molecule has 50 heavy (non-hydrogen) atoms. The predicted octanol–water partition coefficient (Wildman–Crippen LogP) is 3.38. The lowest BCUT2D eigenvalue weighted by molar-refractivity contribution is -0.134. The first-order valence-electron chi connectivity index (χ1n) is 15.2. The van der Waals surface area contributed by atoms with Crippen molar-refractivity contribution in [3.8, 4) is 11.5 Å². The minimum atomic E-state index is -1.26. The van der Waals surface area contributed by atoms with Crippen LogP contribution >= 0.6 is 0 Å². The lowest BCUT2D eigenvalue weighted by Crippen LogP contribution is -2.46. The molecule has 2 aromatic carbocycles. The third kappa shape index (κ3) is 16.7. The molecule has 0 bridgehead atoms. The Labute approximate surface area is 288 Å². The number of unbranched alkanes of at least 4 members (excludes halogenated alkanes) is 1. The van der Waals surface area contributed by atoms with Gasteiger partial charge in [-0.05, 0) is 63.6 Å². The Bertz CT molecular complexity index is 1560. The highest BCUT2D eigenvalue weighted by atomic mass is 16.5. The smallest absolute Gasteiger partial charge is 0.328 e. The average molecular weight is 699 g/mol. The Hall–Kier alpha value is -6.03. The molecule has 2 heterocycles. The molecule has 0 aliphatic carbocycles. The largest absolute Gasteiger partial charge is 0.493 e. The van der Waals surface area contributed by atoms with E-state index in [2.05, 4.69) is 38.2 Å². The molecule has 270 valence electrons. The van der Waals surface area contributed by atoms with Crippen LogP contribution in [0, 0.1) is 0 Å². The molecule has 16 nitrogen and oxygen atoms in total. The molecule has 1 aromatic heterocycles. The highest BCUT2D eigenvalue weighted by Gasteiger charge is 2.20. The molecule has 5 N–H and O–H groups in total. The van der Waals surface area contributed by atoms with Crippen LogP contribution in [0.4, 0.5) is 5.82 Å². The first-order chi connectivity index (χ1) is 23.8. The molecule has 1 aliphatic heterocycles. The topological polar surface area (TPSA) is 237 Å². The maximum absolute atomic E-state index is 11.5. The average Bonchev–Trinajstić information content (AvgIpc) is 3.52. The van der Waals surface area contributed by atoms with Crippen molar-refractivity contribution in [3.63, 3.8) is 0 Å². The Morgan fingerprint density at radius 3 is 1.86 bits per heavy atom. The summed E-state index contributed by atoms with van der Waals surface area (Å²) >= 11 is 0.